The number of sulfonamides is 1. The zero-order valence-corrected chi connectivity index (χ0v) is 15.2. The summed E-state index contributed by atoms with van der Waals surface area (Å²) in [5, 5.41) is 0. The van der Waals surface area contributed by atoms with Crippen molar-refractivity contribution < 1.29 is 17.7 Å². The zero-order valence-electron chi connectivity index (χ0n) is 14.4. The normalized spacial score (nSPS) is 16.9. The Kier molecular flexibility index (Phi) is 5.51. The molecule has 25 heavy (non-hydrogen) atoms. The van der Waals surface area contributed by atoms with Gasteiger partial charge >= 0.3 is 0 Å². The van der Waals surface area contributed by atoms with Crippen LogP contribution in [0.4, 0.5) is 4.39 Å². The molecule has 0 saturated carbocycles. The first-order chi connectivity index (χ1) is 12.0. The SMILES string of the molecule is CCc1ccc(C[NH+]2CCN(S(=O)(=O)c3ccc(F)cc3)CC2)cc1. The lowest BCUT2D eigenvalue weighted by atomic mass is 10.1. The van der Waals surface area contributed by atoms with E-state index in [-0.39, 0.29) is 4.90 Å². The van der Waals surface area contributed by atoms with Gasteiger partial charge in [-0.05, 0) is 36.2 Å². The van der Waals surface area contributed by atoms with Crippen LogP contribution in [0.1, 0.15) is 18.1 Å². The molecule has 0 unspecified atom stereocenters. The van der Waals surface area contributed by atoms with Gasteiger partial charge in [0.2, 0.25) is 10.0 Å². The summed E-state index contributed by atoms with van der Waals surface area (Å²) in [6, 6.07) is 13.7. The minimum Gasteiger partial charge on any atom is -0.329 e. The Morgan fingerprint density at radius 2 is 1.52 bits per heavy atom. The summed E-state index contributed by atoms with van der Waals surface area (Å²) in [6.45, 7) is 5.57. The second-order valence-corrected chi connectivity index (χ2v) is 8.39. The van der Waals surface area contributed by atoms with Crippen LogP contribution in [-0.2, 0) is 23.0 Å². The summed E-state index contributed by atoms with van der Waals surface area (Å²) in [5.74, 6) is -0.428. The number of hydrogen-bond donors (Lipinski definition) is 1. The van der Waals surface area contributed by atoms with Crippen molar-refractivity contribution in [1.82, 2.24) is 4.31 Å². The molecule has 1 N–H and O–H groups in total. The molecule has 1 aliphatic rings. The maximum atomic E-state index is 13.0. The molecule has 1 fully saturated rings. The third kappa shape index (κ3) is 4.26. The second kappa shape index (κ2) is 7.64. The summed E-state index contributed by atoms with van der Waals surface area (Å²) in [6.07, 6.45) is 1.03. The predicted octanol–water partition coefficient (Wildman–Crippen LogP) is 1.48. The molecule has 1 heterocycles. The maximum absolute atomic E-state index is 13.0. The lowest BCUT2D eigenvalue weighted by Gasteiger charge is -2.31. The van der Waals surface area contributed by atoms with Gasteiger partial charge in [0.1, 0.15) is 12.4 Å². The maximum Gasteiger partial charge on any atom is 0.243 e. The van der Waals surface area contributed by atoms with E-state index in [9.17, 15) is 12.8 Å². The summed E-state index contributed by atoms with van der Waals surface area (Å²) >= 11 is 0. The van der Waals surface area contributed by atoms with Crippen LogP contribution < -0.4 is 4.90 Å². The van der Waals surface area contributed by atoms with Crippen LogP contribution >= 0.6 is 0 Å². The molecule has 0 radical (unpaired) electrons. The number of benzene rings is 2. The molecule has 6 heteroatoms. The molecule has 0 spiro atoms. The average molecular weight is 363 g/mol. The van der Waals surface area contributed by atoms with E-state index in [0.29, 0.717) is 13.1 Å². The van der Waals surface area contributed by atoms with E-state index in [1.54, 1.807) is 0 Å². The monoisotopic (exact) mass is 363 g/mol. The van der Waals surface area contributed by atoms with Gasteiger partial charge in [-0.2, -0.15) is 4.31 Å². The first-order valence-corrected chi connectivity index (χ1v) is 10.1. The fourth-order valence-corrected chi connectivity index (χ4v) is 4.60. The number of piperazine rings is 1. The fourth-order valence-electron chi connectivity index (χ4n) is 3.16. The number of nitrogens with one attached hydrogen (secondary N) is 1. The molecule has 3 rings (SSSR count). The third-order valence-electron chi connectivity index (χ3n) is 4.77. The largest absolute Gasteiger partial charge is 0.329 e. The molecular formula is C19H24FN2O2S+. The number of nitrogens with zero attached hydrogens (tertiary/aromatic N) is 1. The van der Waals surface area contributed by atoms with Gasteiger partial charge in [0.05, 0.1) is 31.1 Å². The Balaban J connectivity index is 1.60. The van der Waals surface area contributed by atoms with E-state index in [4.69, 9.17) is 0 Å². The Bertz CT molecular complexity index is 796. The van der Waals surface area contributed by atoms with Crippen LogP contribution in [0, 0.1) is 5.82 Å². The van der Waals surface area contributed by atoms with Crippen molar-refractivity contribution >= 4 is 10.0 Å². The van der Waals surface area contributed by atoms with Crippen molar-refractivity contribution in [2.75, 3.05) is 26.2 Å². The second-order valence-electron chi connectivity index (χ2n) is 6.45. The fraction of sp³-hybridized carbons (Fsp3) is 0.368. The lowest BCUT2D eigenvalue weighted by Crippen LogP contribution is -3.13. The number of halogens is 1. The summed E-state index contributed by atoms with van der Waals surface area (Å²) in [4.78, 5) is 1.54. The van der Waals surface area contributed by atoms with Crippen molar-refractivity contribution in [3.63, 3.8) is 0 Å². The molecule has 0 aromatic heterocycles. The van der Waals surface area contributed by atoms with Gasteiger partial charge in [-0.15, -0.1) is 0 Å². The summed E-state index contributed by atoms with van der Waals surface area (Å²) < 4.78 is 39.8. The van der Waals surface area contributed by atoms with Gasteiger partial charge in [-0.25, -0.2) is 12.8 Å². The highest BCUT2D eigenvalue weighted by Crippen LogP contribution is 2.16. The van der Waals surface area contributed by atoms with Gasteiger partial charge in [0, 0.05) is 5.56 Å². The molecule has 4 nitrogen and oxygen atoms in total. The van der Waals surface area contributed by atoms with Crippen molar-refractivity contribution in [3.05, 3.63) is 65.5 Å². The van der Waals surface area contributed by atoms with E-state index >= 15 is 0 Å². The van der Waals surface area contributed by atoms with Crippen LogP contribution in [0.3, 0.4) is 0 Å². The van der Waals surface area contributed by atoms with Crippen molar-refractivity contribution in [3.8, 4) is 0 Å². The number of rotatable bonds is 5. The standard InChI is InChI=1S/C19H23FN2O2S/c1-2-16-3-5-17(6-4-16)15-21-11-13-22(14-12-21)25(23,24)19-9-7-18(20)8-10-19/h3-10H,2,11-15H2,1H3/p+1. The topological polar surface area (TPSA) is 41.8 Å². The Morgan fingerprint density at radius 1 is 0.960 bits per heavy atom. The van der Waals surface area contributed by atoms with Gasteiger partial charge in [0.25, 0.3) is 0 Å². The minimum absolute atomic E-state index is 0.160. The average Bonchev–Trinajstić information content (AvgIpc) is 2.63. The van der Waals surface area contributed by atoms with E-state index in [1.807, 2.05) is 0 Å². The van der Waals surface area contributed by atoms with Crippen LogP contribution in [0.15, 0.2) is 53.4 Å². The van der Waals surface area contributed by atoms with Gasteiger partial charge in [0.15, 0.2) is 0 Å². The first kappa shape index (κ1) is 18.0. The molecule has 0 bridgehead atoms. The third-order valence-corrected chi connectivity index (χ3v) is 6.68. The molecule has 2 aromatic carbocycles. The predicted molar refractivity (Wildman–Crippen MR) is 95.4 cm³/mol. The van der Waals surface area contributed by atoms with Crippen LogP contribution in [0.5, 0.6) is 0 Å². The molecule has 2 aromatic rings. The Labute approximate surface area is 148 Å². The smallest absolute Gasteiger partial charge is 0.243 e. The van der Waals surface area contributed by atoms with Crippen LogP contribution in [-0.4, -0.2) is 38.9 Å². The number of hydrogen-bond acceptors (Lipinski definition) is 2. The summed E-state index contributed by atoms with van der Waals surface area (Å²) in [7, 11) is -3.53. The molecule has 0 aliphatic carbocycles. The van der Waals surface area contributed by atoms with Gasteiger partial charge < -0.3 is 4.90 Å². The molecule has 1 saturated heterocycles. The zero-order chi connectivity index (χ0) is 17.9. The Morgan fingerprint density at radius 3 is 2.08 bits per heavy atom. The highest BCUT2D eigenvalue weighted by Gasteiger charge is 2.30. The Hall–Kier alpha value is -1.76. The lowest BCUT2D eigenvalue weighted by molar-refractivity contribution is -0.917. The van der Waals surface area contributed by atoms with E-state index in [1.165, 1.54) is 44.6 Å². The molecule has 0 amide bonds. The van der Waals surface area contributed by atoms with E-state index < -0.39 is 15.8 Å². The molecule has 0 atom stereocenters. The summed E-state index contributed by atoms with van der Waals surface area (Å²) in [5.41, 5.74) is 2.61. The van der Waals surface area contributed by atoms with Crippen molar-refractivity contribution in [2.24, 2.45) is 0 Å². The number of aryl methyl sites for hydroxylation is 1. The van der Waals surface area contributed by atoms with Crippen molar-refractivity contribution in [1.29, 1.82) is 0 Å². The highest BCUT2D eigenvalue weighted by molar-refractivity contribution is 7.89. The minimum atomic E-state index is -3.53. The van der Waals surface area contributed by atoms with Crippen LogP contribution in [0.2, 0.25) is 0 Å². The molecular weight excluding hydrogens is 339 g/mol. The van der Waals surface area contributed by atoms with E-state index in [2.05, 4.69) is 31.2 Å². The van der Waals surface area contributed by atoms with Crippen LogP contribution in [0.25, 0.3) is 0 Å². The highest BCUT2D eigenvalue weighted by atomic mass is 32.2. The molecule has 134 valence electrons. The van der Waals surface area contributed by atoms with E-state index in [0.717, 1.165) is 26.1 Å². The van der Waals surface area contributed by atoms with Gasteiger partial charge in [-0.3, -0.25) is 0 Å². The van der Waals surface area contributed by atoms with Gasteiger partial charge in [-0.1, -0.05) is 31.2 Å². The molecule has 1 aliphatic heterocycles. The quantitative estimate of drug-likeness (QED) is 0.874. The first-order valence-electron chi connectivity index (χ1n) is 8.66. The van der Waals surface area contributed by atoms with Crippen molar-refractivity contribution in [2.45, 2.75) is 24.8 Å². The number of quaternary nitrogens is 1.